The molecule has 5 heteroatoms. The maximum atomic E-state index is 11.8. The first-order valence-electron chi connectivity index (χ1n) is 8.32. The fourth-order valence-corrected chi connectivity index (χ4v) is 2.86. The van der Waals surface area contributed by atoms with Gasteiger partial charge >= 0.3 is 6.09 Å². The molecule has 5 nitrogen and oxygen atoms in total. The van der Waals surface area contributed by atoms with Crippen molar-refractivity contribution >= 4 is 6.09 Å². The molecule has 1 saturated carbocycles. The van der Waals surface area contributed by atoms with Crippen molar-refractivity contribution in [3.05, 3.63) is 29.8 Å². The largest absolute Gasteiger partial charge is 0.508 e. The van der Waals surface area contributed by atoms with E-state index in [1.165, 1.54) is 5.56 Å². The zero-order valence-electron chi connectivity index (χ0n) is 14.3. The lowest BCUT2D eigenvalue weighted by molar-refractivity contribution is 0.0505. The number of hydrogen-bond acceptors (Lipinski definition) is 4. The molecular weight excluding hydrogens is 292 g/mol. The molecule has 1 aliphatic carbocycles. The Labute approximate surface area is 138 Å². The van der Waals surface area contributed by atoms with Crippen LogP contribution in [-0.2, 0) is 11.2 Å². The molecule has 1 amide bonds. The van der Waals surface area contributed by atoms with Gasteiger partial charge in [-0.1, -0.05) is 12.1 Å². The van der Waals surface area contributed by atoms with Crippen LogP contribution >= 0.6 is 0 Å². The number of phenolic OH excluding ortho intramolecular Hbond substituents is 1. The highest BCUT2D eigenvalue weighted by Gasteiger charge is 2.27. The first-order valence-corrected chi connectivity index (χ1v) is 8.32. The third-order valence-corrected chi connectivity index (χ3v) is 3.94. The quantitative estimate of drug-likeness (QED) is 0.780. The van der Waals surface area contributed by atoms with E-state index < -0.39 is 5.60 Å². The Morgan fingerprint density at radius 3 is 2.52 bits per heavy atom. The number of carbonyl (C=O) groups excluding carboxylic acids is 1. The lowest BCUT2D eigenvalue weighted by Gasteiger charge is -2.21. The molecule has 1 aromatic rings. The van der Waals surface area contributed by atoms with Crippen LogP contribution in [-0.4, -0.2) is 35.4 Å². The molecule has 1 aliphatic rings. The summed E-state index contributed by atoms with van der Waals surface area (Å²) in [4.78, 5) is 11.8. The number of benzene rings is 1. The fourth-order valence-electron chi connectivity index (χ4n) is 2.86. The van der Waals surface area contributed by atoms with Crippen molar-refractivity contribution in [1.82, 2.24) is 10.6 Å². The Morgan fingerprint density at radius 1 is 1.22 bits per heavy atom. The highest BCUT2D eigenvalue weighted by Crippen LogP contribution is 2.20. The van der Waals surface area contributed by atoms with Crippen LogP contribution in [0.1, 0.15) is 45.6 Å². The number of alkyl carbamates (subject to hydrolysis) is 1. The van der Waals surface area contributed by atoms with Gasteiger partial charge in [0.05, 0.1) is 0 Å². The molecule has 23 heavy (non-hydrogen) atoms. The van der Waals surface area contributed by atoms with E-state index in [1.54, 1.807) is 12.1 Å². The summed E-state index contributed by atoms with van der Waals surface area (Å²) in [5.41, 5.74) is 0.751. The SMILES string of the molecule is CC(C)(C)OC(=O)NC1CCC(NCCc2ccc(O)cc2)C1. The van der Waals surface area contributed by atoms with Gasteiger partial charge in [-0.2, -0.15) is 0 Å². The van der Waals surface area contributed by atoms with Crippen molar-refractivity contribution in [2.24, 2.45) is 0 Å². The number of ether oxygens (including phenoxy) is 1. The predicted molar refractivity (Wildman–Crippen MR) is 90.6 cm³/mol. The molecule has 0 aliphatic heterocycles. The average molecular weight is 320 g/mol. The standard InChI is InChI=1S/C18H28N2O3/c1-18(2,3)23-17(22)20-15-7-6-14(12-15)19-11-10-13-4-8-16(21)9-5-13/h4-5,8-9,14-15,19,21H,6-7,10-12H2,1-3H3,(H,20,22). The van der Waals surface area contributed by atoms with E-state index in [-0.39, 0.29) is 12.1 Å². The Bertz CT molecular complexity index is 508. The van der Waals surface area contributed by atoms with Gasteiger partial charge in [-0.05, 0) is 70.7 Å². The molecule has 2 unspecified atom stereocenters. The van der Waals surface area contributed by atoms with E-state index >= 15 is 0 Å². The van der Waals surface area contributed by atoms with Gasteiger partial charge in [-0.25, -0.2) is 4.79 Å². The van der Waals surface area contributed by atoms with Gasteiger partial charge in [0.15, 0.2) is 0 Å². The number of phenols is 1. The van der Waals surface area contributed by atoms with Crippen LogP contribution in [0.4, 0.5) is 4.79 Å². The summed E-state index contributed by atoms with van der Waals surface area (Å²) in [7, 11) is 0. The van der Waals surface area contributed by atoms with Gasteiger partial charge < -0.3 is 20.5 Å². The van der Waals surface area contributed by atoms with E-state index in [2.05, 4.69) is 10.6 Å². The predicted octanol–water partition coefficient (Wildman–Crippen LogP) is 2.97. The molecule has 128 valence electrons. The summed E-state index contributed by atoms with van der Waals surface area (Å²) in [5, 5.41) is 15.8. The minimum Gasteiger partial charge on any atom is -0.508 e. The van der Waals surface area contributed by atoms with Crippen molar-refractivity contribution < 1.29 is 14.6 Å². The van der Waals surface area contributed by atoms with Crippen LogP contribution in [0.2, 0.25) is 0 Å². The first kappa shape index (κ1) is 17.6. The molecule has 0 saturated heterocycles. The Balaban J connectivity index is 1.65. The molecule has 2 rings (SSSR count). The number of aromatic hydroxyl groups is 1. The summed E-state index contributed by atoms with van der Waals surface area (Å²) in [6.45, 7) is 6.51. The monoisotopic (exact) mass is 320 g/mol. The number of hydrogen-bond donors (Lipinski definition) is 3. The molecule has 0 radical (unpaired) electrons. The van der Waals surface area contributed by atoms with Crippen molar-refractivity contribution in [3.63, 3.8) is 0 Å². The molecule has 0 spiro atoms. The first-order chi connectivity index (χ1) is 10.8. The van der Waals surface area contributed by atoms with E-state index in [4.69, 9.17) is 4.74 Å². The third-order valence-electron chi connectivity index (χ3n) is 3.94. The van der Waals surface area contributed by atoms with Crippen LogP contribution in [0.5, 0.6) is 5.75 Å². The molecular formula is C18H28N2O3. The molecule has 1 aromatic carbocycles. The van der Waals surface area contributed by atoms with Crippen LogP contribution in [0, 0.1) is 0 Å². The number of carbonyl (C=O) groups is 1. The fraction of sp³-hybridized carbons (Fsp3) is 0.611. The summed E-state index contributed by atoms with van der Waals surface area (Å²) in [6, 6.07) is 7.94. The summed E-state index contributed by atoms with van der Waals surface area (Å²) >= 11 is 0. The van der Waals surface area contributed by atoms with Crippen LogP contribution < -0.4 is 10.6 Å². The number of amides is 1. The smallest absolute Gasteiger partial charge is 0.407 e. The van der Waals surface area contributed by atoms with Gasteiger partial charge in [0.1, 0.15) is 11.4 Å². The van der Waals surface area contributed by atoms with Crippen LogP contribution in [0.25, 0.3) is 0 Å². The van der Waals surface area contributed by atoms with Gasteiger partial charge in [-0.15, -0.1) is 0 Å². The molecule has 3 N–H and O–H groups in total. The molecule has 0 aromatic heterocycles. The Kier molecular flexibility index (Phi) is 5.88. The zero-order valence-corrected chi connectivity index (χ0v) is 14.3. The molecule has 0 heterocycles. The topological polar surface area (TPSA) is 70.6 Å². The van der Waals surface area contributed by atoms with Gasteiger partial charge in [0.25, 0.3) is 0 Å². The summed E-state index contributed by atoms with van der Waals surface area (Å²) in [5.74, 6) is 0.300. The Hall–Kier alpha value is -1.75. The molecule has 1 fully saturated rings. The van der Waals surface area contributed by atoms with E-state index in [1.807, 2.05) is 32.9 Å². The normalized spacial score (nSPS) is 21.2. The molecule has 2 atom stereocenters. The summed E-state index contributed by atoms with van der Waals surface area (Å²) < 4.78 is 5.29. The lowest BCUT2D eigenvalue weighted by Crippen LogP contribution is -2.39. The minimum atomic E-state index is -0.454. The van der Waals surface area contributed by atoms with Crippen molar-refractivity contribution in [1.29, 1.82) is 0 Å². The van der Waals surface area contributed by atoms with Gasteiger partial charge in [-0.3, -0.25) is 0 Å². The average Bonchev–Trinajstić information content (AvgIpc) is 2.86. The van der Waals surface area contributed by atoms with Crippen LogP contribution in [0.15, 0.2) is 24.3 Å². The lowest BCUT2D eigenvalue weighted by atomic mass is 10.1. The van der Waals surface area contributed by atoms with Crippen molar-refractivity contribution in [2.75, 3.05) is 6.54 Å². The second kappa shape index (κ2) is 7.68. The van der Waals surface area contributed by atoms with Gasteiger partial charge in [0, 0.05) is 12.1 Å². The maximum absolute atomic E-state index is 11.8. The highest BCUT2D eigenvalue weighted by atomic mass is 16.6. The van der Waals surface area contributed by atoms with E-state index in [0.717, 1.165) is 32.2 Å². The van der Waals surface area contributed by atoms with Crippen molar-refractivity contribution in [3.8, 4) is 5.75 Å². The van der Waals surface area contributed by atoms with E-state index in [9.17, 15) is 9.90 Å². The molecule has 0 bridgehead atoms. The van der Waals surface area contributed by atoms with Crippen LogP contribution in [0.3, 0.4) is 0 Å². The third kappa shape index (κ3) is 6.48. The second-order valence-corrected chi connectivity index (χ2v) is 7.22. The van der Waals surface area contributed by atoms with Gasteiger partial charge in [0.2, 0.25) is 0 Å². The summed E-state index contributed by atoms with van der Waals surface area (Å²) in [6.07, 6.45) is 3.59. The second-order valence-electron chi connectivity index (χ2n) is 7.22. The minimum absolute atomic E-state index is 0.191. The number of rotatable bonds is 5. The highest BCUT2D eigenvalue weighted by molar-refractivity contribution is 5.68. The van der Waals surface area contributed by atoms with E-state index in [0.29, 0.717) is 11.8 Å². The number of nitrogens with one attached hydrogen (secondary N) is 2. The maximum Gasteiger partial charge on any atom is 0.407 e. The zero-order chi connectivity index (χ0) is 16.9. The Morgan fingerprint density at radius 2 is 1.87 bits per heavy atom. The van der Waals surface area contributed by atoms with Crippen molar-refractivity contribution in [2.45, 2.75) is 64.1 Å².